The second-order valence-corrected chi connectivity index (χ2v) is 8.59. The number of likely N-dealkylation sites (N-methyl/N-ethyl adjacent to an activating group) is 1. The van der Waals surface area contributed by atoms with Gasteiger partial charge in [-0.2, -0.15) is 0 Å². The Hall–Kier alpha value is -3.97. The summed E-state index contributed by atoms with van der Waals surface area (Å²) in [4.78, 5) is 33.1. The number of fused-ring (bicyclic) bond motifs is 1. The molecule has 7 nitrogen and oxygen atoms in total. The SMILES string of the molecule is COc1ccccc1CC(=O)NC(C)C(=O)C1N=C(c2ccccc2)c2ccccc2N(C)[C@@H]1N. The number of aliphatic imine (C=N–C) groups is 1. The molecule has 3 atom stereocenters. The molecule has 1 amide bonds. The van der Waals surface area contributed by atoms with Crippen LogP contribution >= 0.6 is 0 Å². The first-order chi connectivity index (χ1) is 16.9. The zero-order chi connectivity index (χ0) is 24.9. The molecule has 35 heavy (non-hydrogen) atoms. The standard InChI is InChI=1S/C28H30N4O3/c1-18(30-24(33)17-20-13-7-10-16-23(20)35-3)27(34)26-28(29)32(2)22-15-9-8-14-21(22)25(31-26)19-11-5-4-6-12-19/h4-16,18,26,28H,17,29H2,1-3H3,(H,30,33)/t18?,26?,28-/m0/s1. The van der Waals surface area contributed by atoms with Gasteiger partial charge in [-0.3, -0.25) is 14.6 Å². The van der Waals surface area contributed by atoms with E-state index in [0.717, 1.165) is 22.4 Å². The van der Waals surface area contributed by atoms with Crippen LogP contribution in [0.3, 0.4) is 0 Å². The molecule has 0 aliphatic carbocycles. The van der Waals surface area contributed by atoms with Crippen molar-refractivity contribution in [3.05, 3.63) is 95.6 Å². The number of ketones is 1. The number of benzene rings is 3. The predicted octanol–water partition coefficient (Wildman–Crippen LogP) is 2.95. The van der Waals surface area contributed by atoms with Gasteiger partial charge in [0.15, 0.2) is 5.78 Å². The third-order valence-corrected chi connectivity index (χ3v) is 6.26. The zero-order valence-corrected chi connectivity index (χ0v) is 20.1. The molecule has 7 heteroatoms. The molecule has 1 aliphatic heterocycles. The van der Waals surface area contributed by atoms with Crippen molar-refractivity contribution in [2.24, 2.45) is 10.7 Å². The van der Waals surface area contributed by atoms with Crippen LogP contribution in [-0.4, -0.2) is 49.8 Å². The summed E-state index contributed by atoms with van der Waals surface area (Å²) in [6.45, 7) is 1.67. The molecule has 2 unspecified atom stereocenters. The maximum Gasteiger partial charge on any atom is 0.225 e. The molecule has 1 aliphatic rings. The van der Waals surface area contributed by atoms with E-state index in [9.17, 15) is 9.59 Å². The second-order valence-electron chi connectivity index (χ2n) is 8.59. The number of ether oxygens (including phenoxy) is 1. The van der Waals surface area contributed by atoms with E-state index in [1.54, 1.807) is 20.1 Å². The van der Waals surface area contributed by atoms with E-state index in [4.69, 9.17) is 15.5 Å². The van der Waals surface area contributed by atoms with Crippen LogP contribution in [0.15, 0.2) is 83.9 Å². The third-order valence-electron chi connectivity index (χ3n) is 6.26. The lowest BCUT2D eigenvalue weighted by atomic mass is 10.00. The zero-order valence-electron chi connectivity index (χ0n) is 20.1. The van der Waals surface area contributed by atoms with E-state index in [2.05, 4.69) is 5.32 Å². The number of methoxy groups -OCH3 is 1. The molecule has 0 saturated heterocycles. The van der Waals surface area contributed by atoms with Crippen molar-refractivity contribution in [2.75, 3.05) is 19.1 Å². The molecule has 3 aromatic carbocycles. The lowest BCUT2D eigenvalue weighted by molar-refractivity contribution is -0.128. The number of nitrogens with two attached hydrogens (primary N) is 1. The summed E-state index contributed by atoms with van der Waals surface area (Å²) >= 11 is 0. The van der Waals surface area contributed by atoms with Crippen LogP contribution < -0.4 is 20.7 Å². The average Bonchev–Trinajstić information content (AvgIpc) is 2.99. The minimum atomic E-state index is -0.871. The molecule has 0 fully saturated rings. The summed E-state index contributed by atoms with van der Waals surface area (Å²) < 4.78 is 5.33. The van der Waals surface area contributed by atoms with Gasteiger partial charge in [-0.15, -0.1) is 0 Å². The highest BCUT2D eigenvalue weighted by Gasteiger charge is 2.36. The van der Waals surface area contributed by atoms with Gasteiger partial charge in [0.2, 0.25) is 5.91 Å². The summed E-state index contributed by atoms with van der Waals surface area (Å²) in [5.74, 6) is 0.101. The molecule has 0 spiro atoms. The summed E-state index contributed by atoms with van der Waals surface area (Å²) in [6, 6.07) is 23.2. The van der Waals surface area contributed by atoms with Gasteiger partial charge < -0.3 is 20.7 Å². The Labute approximate surface area is 205 Å². The van der Waals surface area contributed by atoms with Crippen molar-refractivity contribution < 1.29 is 14.3 Å². The predicted molar refractivity (Wildman–Crippen MR) is 138 cm³/mol. The number of hydrogen-bond donors (Lipinski definition) is 2. The molecule has 0 radical (unpaired) electrons. The van der Waals surface area contributed by atoms with Crippen LogP contribution in [0.4, 0.5) is 5.69 Å². The van der Waals surface area contributed by atoms with Crippen LogP contribution in [-0.2, 0) is 16.0 Å². The van der Waals surface area contributed by atoms with Crippen LogP contribution in [0, 0.1) is 0 Å². The number of hydrogen-bond acceptors (Lipinski definition) is 6. The number of Topliss-reactive ketones (excluding diaryl/α,β-unsaturated/α-hetero) is 1. The number of carbonyl (C=O) groups is 2. The van der Waals surface area contributed by atoms with Crippen molar-refractivity contribution >= 4 is 23.1 Å². The van der Waals surface area contributed by atoms with Crippen molar-refractivity contribution in [3.8, 4) is 5.75 Å². The molecule has 0 saturated carbocycles. The Morgan fingerprint density at radius 1 is 1.03 bits per heavy atom. The number of rotatable bonds is 7. The topological polar surface area (TPSA) is 97.0 Å². The van der Waals surface area contributed by atoms with E-state index in [1.165, 1.54) is 0 Å². The highest BCUT2D eigenvalue weighted by atomic mass is 16.5. The Morgan fingerprint density at radius 3 is 2.43 bits per heavy atom. The molecule has 3 N–H and O–H groups in total. The average molecular weight is 471 g/mol. The number of amides is 1. The molecule has 1 heterocycles. The van der Waals surface area contributed by atoms with E-state index >= 15 is 0 Å². The van der Waals surface area contributed by atoms with Gasteiger partial charge in [0, 0.05) is 29.4 Å². The molecule has 3 aromatic rings. The molecule has 4 rings (SSSR count). The fourth-order valence-electron chi connectivity index (χ4n) is 4.34. The van der Waals surface area contributed by atoms with E-state index < -0.39 is 18.2 Å². The lowest BCUT2D eigenvalue weighted by Gasteiger charge is -2.30. The first kappa shape index (κ1) is 24.2. The quantitative estimate of drug-likeness (QED) is 0.553. The van der Waals surface area contributed by atoms with Crippen LogP contribution in [0.5, 0.6) is 5.75 Å². The van der Waals surface area contributed by atoms with E-state index in [1.807, 2.05) is 84.7 Å². The van der Waals surface area contributed by atoms with Crippen LogP contribution in [0.2, 0.25) is 0 Å². The number of nitrogens with one attached hydrogen (secondary N) is 1. The monoisotopic (exact) mass is 470 g/mol. The molecule has 0 bridgehead atoms. The Balaban J connectivity index is 1.61. The normalized spacial score (nSPS) is 18.1. The first-order valence-electron chi connectivity index (χ1n) is 11.6. The summed E-state index contributed by atoms with van der Waals surface area (Å²) in [5, 5.41) is 2.82. The summed E-state index contributed by atoms with van der Waals surface area (Å²) in [7, 11) is 3.42. The largest absolute Gasteiger partial charge is 0.496 e. The van der Waals surface area contributed by atoms with Crippen molar-refractivity contribution in [1.29, 1.82) is 0 Å². The highest BCUT2D eigenvalue weighted by molar-refractivity contribution is 6.17. The molecular formula is C28H30N4O3. The molecular weight excluding hydrogens is 440 g/mol. The van der Waals surface area contributed by atoms with Gasteiger partial charge >= 0.3 is 0 Å². The number of carbonyl (C=O) groups excluding carboxylic acids is 2. The number of para-hydroxylation sites is 2. The fraction of sp³-hybridized carbons (Fsp3) is 0.250. The number of nitrogens with zero attached hydrogens (tertiary/aromatic N) is 2. The number of benzodiazepines with no additional fused rings is 1. The molecule has 180 valence electrons. The van der Waals surface area contributed by atoms with Gasteiger partial charge in [0.05, 0.1) is 25.3 Å². The Kier molecular flexibility index (Phi) is 7.27. The summed E-state index contributed by atoms with van der Waals surface area (Å²) in [6.07, 6.45) is -0.596. The van der Waals surface area contributed by atoms with Crippen molar-refractivity contribution in [2.45, 2.75) is 31.6 Å². The van der Waals surface area contributed by atoms with Gasteiger partial charge in [-0.1, -0.05) is 66.7 Å². The molecule has 0 aromatic heterocycles. The fourth-order valence-corrected chi connectivity index (χ4v) is 4.34. The van der Waals surface area contributed by atoms with Crippen LogP contribution in [0.1, 0.15) is 23.6 Å². The van der Waals surface area contributed by atoms with Gasteiger partial charge in [-0.05, 0) is 19.1 Å². The minimum Gasteiger partial charge on any atom is -0.496 e. The minimum absolute atomic E-state index is 0.0994. The lowest BCUT2D eigenvalue weighted by Crippen LogP contribution is -2.55. The maximum atomic E-state index is 13.6. The van der Waals surface area contributed by atoms with Gasteiger partial charge in [0.25, 0.3) is 0 Å². The highest BCUT2D eigenvalue weighted by Crippen LogP contribution is 2.29. The summed E-state index contributed by atoms with van der Waals surface area (Å²) in [5.41, 5.74) is 10.7. The van der Waals surface area contributed by atoms with Gasteiger partial charge in [0.1, 0.15) is 18.0 Å². The van der Waals surface area contributed by atoms with Crippen molar-refractivity contribution in [3.63, 3.8) is 0 Å². The smallest absolute Gasteiger partial charge is 0.225 e. The van der Waals surface area contributed by atoms with Crippen molar-refractivity contribution in [1.82, 2.24) is 5.32 Å². The van der Waals surface area contributed by atoms with E-state index in [-0.39, 0.29) is 18.1 Å². The first-order valence-corrected chi connectivity index (χ1v) is 11.6. The second kappa shape index (κ2) is 10.5. The van der Waals surface area contributed by atoms with Gasteiger partial charge in [-0.25, -0.2) is 0 Å². The maximum absolute atomic E-state index is 13.6. The van der Waals surface area contributed by atoms with E-state index in [0.29, 0.717) is 11.5 Å². The number of anilines is 1. The van der Waals surface area contributed by atoms with Crippen LogP contribution in [0.25, 0.3) is 0 Å². The third kappa shape index (κ3) is 5.10. The Morgan fingerprint density at radius 2 is 1.69 bits per heavy atom. The Bertz CT molecular complexity index is 1240.